The molecule has 1 N–H and O–H groups in total. The molecule has 0 radical (unpaired) electrons. The molecule has 0 bridgehead atoms. The molecule has 4 nitrogen and oxygen atoms in total. The zero-order chi connectivity index (χ0) is 26.8. The van der Waals surface area contributed by atoms with Gasteiger partial charge in [0, 0.05) is 5.56 Å². The summed E-state index contributed by atoms with van der Waals surface area (Å²) in [5.41, 5.74) is 4.55. The maximum Gasteiger partial charge on any atom is 0.309 e. The molecule has 206 valence electrons. The molecule has 1 aliphatic heterocycles. The van der Waals surface area contributed by atoms with Crippen LogP contribution in [0.15, 0.2) is 0 Å². The molecule has 0 amide bonds. The smallest absolute Gasteiger partial charge is 0.309 e. The molecule has 1 aromatic rings. The monoisotopic (exact) mass is 502 g/mol. The fourth-order valence-electron chi connectivity index (χ4n) is 5.52. The number of carboxylic acid groups (broad SMARTS) is 1. The average molecular weight is 503 g/mol. The minimum Gasteiger partial charge on any atom is -0.492 e. The molecule has 0 fully saturated rings. The summed E-state index contributed by atoms with van der Waals surface area (Å²) in [6.45, 7) is 17.6. The summed E-state index contributed by atoms with van der Waals surface area (Å²) in [6, 6.07) is 0. The van der Waals surface area contributed by atoms with Crippen molar-refractivity contribution in [2.45, 2.75) is 132 Å². The highest BCUT2D eigenvalue weighted by Gasteiger charge is 2.27. The SMILES string of the molecule is Cc1c(C)c2c(c(C)c1OCC(C)C(=O)O)CC[C@@H](CCCC(C)CCC[C@H](C)CCCC(C)C)O2. The molecule has 36 heavy (non-hydrogen) atoms. The average Bonchev–Trinajstić information content (AvgIpc) is 2.82. The zero-order valence-corrected chi connectivity index (χ0v) is 24.5. The minimum atomic E-state index is -0.827. The number of rotatable bonds is 16. The van der Waals surface area contributed by atoms with E-state index in [4.69, 9.17) is 9.47 Å². The van der Waals surface area contributed by atoms with Crippen molar-refractivity contribution in [3.8, 4) is 11.5 Å². The van der Waals surface area contributed by atoms with Crippen LogP contribution in [0.1, 0.15) is 121 Å². The normalized spacial score (nSPS) is 17.9. The number of aliphatic carboxylic acids is 1. The van der Waals surface area contributed by atoms with Gasteiger partial charge >= 0.3 is 5.97 Å². The fraction of sp³-hybridized carbons (Fsp3) is 0.781. The second-order valence-electron chi connectivity index (χ2n) is 12.2. The van der Waals surface area contributed by atoms with Crippen molar-refractivity contribution >= 4 is 5.97 Å². The van der Waals surface area contributed by atoms with Gasteiger partial charge < -0.3 is 14.6 Å². The van der Waals surface area contributed by atoms with Crippen molar-refractivity contribution in [1.82, 2.24) is 0 Å². The summed E-state index contributed by atoms with van der Waals surface area (Å²) in [7, 11) is 0. The summed E-state index contributed by atoms with van der Waals surface area (Å²) in [6.07, 6.45) is 14.2. The summed E-state index contributed by atoms with van der Waals surface area (Å²) >= 11 is 0. The summed E-state index contributed by atoms with van der Waals surface area (Å²) < 4.78 is 12.5. The second kappa shape index (κ2) is 14.9. The van der Waals surface area contributed by atoms with Crippen molar-refractivity contribution in [2.75, 3.05) is 6.61 Å². The number of hydrogen-bond donors (Lipinski definition) is 1. The number of ether oxygens (including phenoxy) is 2. The van der Waals surface area contributed by atoms with Crippen LogP contribution < -0.4 is 9.47 Å². The van der Waals surface area contributed by atoms with Crippen LogP contribution >= 0.6 is 0 Å². The lowest BCUT2D eigenvalue weighted by Crippen LogP contribution is -2.25. The Morgan fingerprint density at radius 2 is 1.47 bits per heavy atom. The number of carboxylic acids is 1. The van der Waals surface area contributed by atoms with Gasteiger partial charge in [0.05, 0.1) is 12.0 Å². The van der Waals surface area contributed by atoms with Gasteiger partial charge in [-0.1, -0.05) is 72.6 Å². The minimum absolute atomic E-state index is 0.188. The van der Waals surface area contributed by atoms with Crippen LogP contribution in [0.25, 0.3) is 0 Å². The Bertz CT molecular complexity index is 828. The van der Waals surface area contributed by atoms with Crippen LogP contribution in [0.2, 0.25) is 0 Å². The van der Waals surface area contributed by atoms with Crippen molar-refractivity contribution < 1.29 is 19.4 Å². The molecular formula is C32H54O4. The van der Waals surface area contributed by atoms with E-state index in [1.807, 2.05) is 0 Å². The Hall–Kier alpha value is -1.71. The van der Waals surface area contributed by atoms with Crippen LogP contribution in [0, 0.1) is 44.4 Å². The lowest BCUT2D eigenvalue weighted by Gasteiger charge is -2.31. The molecule has 0 saturated carbocycles. The molecule has 1 aromatic carbocycles. The molecular weight excluding hydrogens is 448 g/mol. The first kappa shape index (κ1) is 30.5. The van der Waals surface area contributed by atoms with Gasteiger partial charge in [0.2, 0.25) is 0 Å². The first-order valence-electron chi connectivity index (χ1n) is 14.7. The topological polar surface area (TPSA) is 55.8 Å². The molecule has 0 aromatic heterocycles. The molecule has 1 heterocycles. The fourth-order valence-corrected chi connectivity index (χ4v) is 5.52. The van der Waals surface area contributed by atoms with Gasteiger partial charge in [-0.2, -0.15) is 0 Å². The Morgan fingerprint density at radius 3 is 2.06 bits per heavy atom. The van der Waals surface area contributed by atoms with E-state index in [1.54, 1.807) is 6.92 Å². The largest absolute Gasteiger partial charge is 0.492 e. The van der Waals surface area contributed by atoms with E-state index in [9.17, 15) is 9.90 Å². The Labute approximate surface area is 221 Å². The number of benzene rings is 1. The molecule has 2 unspecified atom stereocenters. The van der Waals surface area contributed by atoms with Crippen molar-refractivity contribution in [1.29, 1.82) is 0 Å². The summed E-state index contributed by atoms with van der Waals surface area (Å²) in [5.74, 6) is 3.02. The predicted molar refractivity (Wildman–Crippen MR) is 150 cm³/mol. The van der Waals surface area contributed by atoms with E-state index in [1.165, 1.54) is 56.9 Å². The van der Waals surface area contributed by atoms with Gasteiger partial charge in [0.25, 0.3) is 0 Å². The van der Waals surface area contributed by atoms with Gasteiger partial charge in [-0.25, -0.2) is 0 Å². The summed E-state index contributed by atoms with van der Waals surface area (Å²) in [5, 5.41) is 9.19. The Kier molecular flexibility index (Phi) is 12.6. The quantitative estimate of drug-likeness (QED) is 0.245. The molecule has 0 spiro atoms. The van der Waals surface area contributed by atoms with Gasteiger partial charge in [-0.05, 0) is 87.8 Å². The van der Waals surface area contributed by atoms with Crippen molar-refractivity contribution in [3.05, 3.63) is 22.3 Å². The van der Waals surface area contributed by atoms with Crippen molar-refractivity contribution in [3.63, 3.8) is 0 Å². The molecule has 0 saturated heterocycles. The Balaban J connectivity index is 1.78. The van der Waals surface area contributed by atoms with Gasteiger partial charge in [-0.3, -0.25) is 4.79 Å². The van der Waals surface area contributed by atoms with Gasteiger partial charge in [-0.15, -0.1) is 0 Å². The van der Waals surface area contributed by atoms with Crippen molar-refractivity contribution in [2.24, 2.45) is 23.7 Å². The standard InChI is InChI=1S/C32H54O4/c1-21(2)12-9-13-22(3)14-10-15-23(4)16-11-17-28-18-19-29-27(8)30(35-20-24(5)32(33)34)25(6)26(7)31(29)36-28/h21-24,28H,9-20H2,1-8H3,(H,33,34)/t22-,23?,24?,28-/m1/s1. The highest BCUT2D eigenvalue weighted by molar-refractivity contribution is 5.69. The van der Waals surface area contributed by atoms with Crippen LogP contribution in [-0.4, -0.2) is 23.8 Å². The first-order valence-corrected chi connectivity index (χ1v) is 14.7. The van der Waals surface area contributed by atoms with Gasteiger partial charge in [0.1, 0.15) is 18.1 Å². The maximum atomic E-state index is 11.2. The zero-order valence-electron chi connectivity index (χ0n) is 24.5. The third-order valence-electron chi connectivity index (χ3n) is 8.31. The van der Waals surface area contributed by atoms with E-state index in [-0.39, 0.29) is 6.61 Å². The highest BCUT2D eigenvalue weighted by atomic mass is 16.5. The van der Waals surface area contributed by atoms with Crippen LogP contribution in [0.3, 0.4) is 0 Å². The van der Waals surface area contributed by atoms with Crippen LogP contribution in [-0.2, 0) is 11.2 Å². The summed E-state index contributed by atoms with van der Waals surface area (Å²) in [4.78, 5) is 11.2. The van der Waals surface area contributed by atoms with E-state index in [2.05, 4.69) is 48.5 Å². The molecule has 4 atom stereocenters. The van der Waals surface area contributed by atoms with Crippen LogP contribution in [0.5, 0.6) is 11.5 Å². The maximum absolute atomic E-state index is 11.2. The molecule has 0 aliphatic carbocycles. The predicted octanol–water partition coefficient (Wildman–Crippen LogP) is 8.84. The van der Waals surface area contributed by atoms with E-state index in [0.717, 1.165) is 65.2 Å². The van der Waals surface area contributed by atoms with E-state index in [0.29, 0.717) is 6.10 Å². The number of hydrogen-bond acceptors (Lipinski definition) is 3. The second-order valence-corrected chi connectivity index (χ2v) is 12.2. The number of carbonyl (C=O) groups is 1. The lowest BCUT2D eigenvalue weighted by molar-refractivity contribution is -0.142. The Morgan fingerprint density at radius 1 is 0.889 bits per heavy atom. The van der Waals surface area contributed by atoms with Gasteiger partial charge in [0.15, 0.2) is 0 Å². The molecule has 4 heteroatoms. The third-order valence-corrected chi connectivity index (χ3v) is 8.31. The van der Waals surface area contributed by atoms with Crippen LogP contribution in [0.4, 0.5) is 0 Å². The third kappa shape index (κ3) is 9.30. The molecule has 1 aliphatic rings. The first-order chi connectivity index (χ1) is 17.0. The van der Waals surface area contributed by atoms with E-state index < -0.39 is 11.9 Å². The lowest BCUT2D eigenvalue weighted by atomic mass is 9.89. The highest BCUT2D eigenvalue weighted by Crippen LogP contribution is 2.42. The number of fused-ring (bicyclic) bond motifs is 1. The molecule has 2 rings (SSSR count). The van der Waals surface area contributed by atoms with E-state index >= 15 is 0 Å².